The lowest BCUT2D eigenvalue weighted by atomic mass is 10.4. The number of hydrogen-bond acceptors (Lipinski definition) is 3. The van der Waals surface area contributed by atoms with E-state index in [0.29, 0.717) is 6.54 Å². The quantitative estimate of drug-likeness (QED) is 0.755. The average Bonchev–Trinajstić information content (AvgIpc) is 2.69. The molecule has 2 aromatic heterocycles. The van der Waals surface area contributed by atoms with Gasteiger partial charge in [-0.1, -0.05) is 0 Å². The molecule has 2 heterocycles. The Bertz CT molecular complexity index is 341. The predicted octanol–water partition coefficient (Wildman–Crippen LogP) is 1.02. The van der Waals surface area contributed by atoms with Crippen molar-refractivity contribution in [2.24, 2.45) is 0 Å². The van der Waals surface area contributed by atoms with E-state index < -0.39 is 0 Å². The monoisotopic (exact) mass is 174 g/mol. The summed E-state index contributed by atoms with van der Waals surface area (Å²) in [4.78, 5) is 7.94. The minimum Gasteiger partial charge on any atom is -0.320 e. The lowest BCUT2D eigenvalue weighted by Gasteiger charge is -2.05. The number of hydrogen-bond donors (Lipinski definition) is 1. The second-order valence-corrected chi connectivity index (χ2v) is 2.63. The van der Waals surface area contributed by atoms with Crippen LogP contribution in [0.3, 0.4) is 0 Å². The van der Waals surface area contributed by atoms with E-state index >= 15 is 0 Å². The number of nitrogens with zero attached hydrogens (tertiary/aromatic N) is 3. The Balaban J connectivity index is 1.94. The van der Waals surface area contributed by atoms with Crippen molar-refractivity contribution in [3.05, 3.63) is 48.8 Å². The van der Waals surface area contributed by atoms with Gasteiger partial charge in [0.05, 0.1) is 12.2 Å². The highest BCUT2D eigenvalue weighted by Gasteiger charge is 1.91. The molecule has 0 fully saturated rings. The van der Waals surface area contributed by atoms with Gasteiger partial charge in [0.1, 0.15) is 6.33 Å². The first-order valence-corrected chi connectivity index (χ1v) is 4.07. The van der Waals surface area contributed by atoms with Gasteiger partial charge in [-0.25, -0.2) is 9.97 Å². The molecule has 0 saturated heterocycles. The van der Waals surface area contributed by atoms with E-state index in [2.05, 4.69) is 15.4 Å². The van der Waals surface area contributed by atoms with Crippen LogP contribution in [0.5, 0.6) is 0 Å². The van der Waals surface area contributed by atoms with Crippen molar-refractivity contribution in [3.63, 3.8) is 0 Å². The summed E-state index contributed by atoms with van der Waals surface area (Å²) in [5.74, 6) is 0. The highest BCUT2D eigenvalue weighted by Crippen LogP contribution is 1.92. The Hall–Kier alpha value is -1.84. The van der Waals surface area contributed by atoms with Gasteiger partial charge in [-0.05, 0) is 18.2 Å². The summed E-state index contributed by atoms with van der Waals surface area (Å²) >= 11 is 0. The van der Waals surface area contributed by atoms with Gasteiger partial charge in [0.15, 0.2) is 0 Å². The van der Waals surface area contributed by atoms with Crippen LogP contribution in [0.2, 0.25) is 0 Å². The molecule has 0 spiro atoms. The fourth-order valence-electron chi connectivity index (χ4n) is 1.03. The van der Waals surface area contributed by atoms with E-state index in [1.54, 1.807) is 12.5 Å². The van der Waals surface area contributed by atoms with E-state index in [1.165, 1.54) is 0 Å². The van der Waals surface area contributed by atoms with E-state index in [4.69, 9.17) is 0 Å². The maximum Gasteiger partial charge on any atom is 0.115 e. The van der Waals surface area contributed by atoms with Crippen molar-refractivity contribution in [3.8, 4) is 0 Å². The molecule has 0 aliphatic heterocycles. The minimum atomic E-state index is 0.706. The van der Waals surface area contributed by atoms with Gasteiger partial charge >= 0.3 is 0 Å². The van der Waals surface area contributed by atoms with Crippen LogP contribution >= 0.6 is 0 Å². The van der Waals surface area contributed by atoms with Crippen LogP contribution in [0, 0.1) is 0 Å². The summed E-state index contributed by atoms with van der Waals surface area (Å²) in [6.45, 7) is 0.706. The molecule has 0 aliphatic rings. The molecule has 0 radical (unpaired) electrons. The van der Waals surface area contributed by atoms with Crippen LogP contribution in [0.4, 0.5) is 0 Å². The third-order valence-corrected chi connectivity index (χ3v) is 1.69. The van der Waals surface area contributed by atoms with E-state index in [-0.39, 0.29) is 0 Å². The number of aromatic nitrogens is 3. The lowest BCUT2D eigenvalue weighted by Crippen LogP contribution is -2.12. The first-order chi connectivity index (χ1) is 6.45. The molecule has 0 saturated carbocycles. The van der Waals surface area contributed by atoms with Gasteiger partial charge < -0.3 is 5.43 Å². The molecular formula is C9H10N4. The highest BCUT2D eigenvalue weighted by molar-refractivity contribution is 5.01. The minimum absolute atomic E-state index is 0.706. The number of rotatable bonds is 3. The second kappa shape index (κ2) is 3.71. The molecule has 4 nitrogen and oxygen atoms in total. The van der Waals surface area contributed by atoms with Crippen LogP contribution in [0.15, 0.2) is 43.1 Å². The van der Waals surface area contributed by atoms with Crippen LogP contribution in [-0.4, -0.2) is 14.6 Å². The summed E-state index contributed by atoms with van der Waals surface area (Å²) in [5.41, 5.74) is 4.14. The van der Waals surface area contributed by atoms with Gasteiger partial charge in [-0.3, -0.25) is 4.68 Å². The van der Waals surface area contributed by atoms with Gasteiger partial charge in [0.2, 0.25) is 0 Å². The largest absolute Gasteiger partial charge is 0.320 e. The zero-order valence-electron chi connectivity index (χ0n) is 7.09. The molecule has 0 bridgehead atoms. The fraction of sp³-hybridized carbons (Fsp3) is 0.111. The van der Waals surface area contributed by atoms with Gasteiger partial charge in [-0.2, -0.15) is 0 Å². The third-order valence-electron chi connectivity index (χ3n) is 1.69. The summed E-state index contributed by atoms with van der Waals surface area (Å²) in [5, 5.41) is 0. The standard InChI is InChI=1S/C9H10N4/c1-2-6-13(5-1)12-7-9-3-4-10-8-11-9/h1-6,8,12H,7H2. The molecule has 1 N–H and O–H groups in total. The molecule has 0 atom stereocenters. The predicted molar refractivity (Wildman–Crippen MR) is 49.5 cm³/mol. The van der Waals surface area contributed by atoms with Gasteiger partial charge in [0, 0.05) is 18.6 Å². The SMILES string of the molecule is c1ccn(NCc2ccncn2)c1. The number of nitrogens with one attached hydrogen (secondary N) is 1. The molecule has 0 aromatic carbocycles. The van der Waals surface area contributed by atoms with Crippen LogP contribution in [0.1, 0.15) is 5.69 Å². The third kappa shape index (κ3) is 2.05. The second-order valence-electron chi connectivity index (χ2n) is 2.63. The van der Waals surface area contributed by atoms with Crippen molar-refractivity contribution in [2.75, 3.05) is 5.43 Å². The fourth-order valence-corrected chi connectivity index (χ4v) is 1.03. The Morgan fingerprint density at radius 3 is 2.85 bits per heavy atom. The van der Waals surface area contributed by atoms with Crippen molar-refractivity contribution in [1.29, 1.82) is 0 Å². The Kier molecular flexibility index (Phi) is 2.22. The van der Waals surface area contributed by atoms with Gasteiger partial charge in [-0.15, -0.1) is 0 Å². The summed E-state index contributed by atoms with van der Waals surface area (Å²) in [6, 6.07) is 5.82. The average molecular weight is 174 g/mol. The first kappa shape index (κ1) is 7.79. The summed E-state index contributed by atoms with van der Waals surface area (Å²) in [6.07, 6.45) is 7.18. The maximum absolute atomic E-state index is 4.09. The molecule has 0 unspecified atom stereocenters. The Morgan fingerprint density at radius 2 is 2.15 bits per heavy atom. The van der Waals surface area contributed by atoms with Crippen molar-refractivity contribution >= 4 is 0 Å². The summed E-state index contributed by atoms with van der Waals surface area (Å²) in [7, 11) is 0. The molecular weight excluding hydrogens is 164 g/mol. The maximum atomic E-state index is 4.09. The molecule has 2 rings (SSSR count). The zero-order chi connectivity index (χ0) is 8.93. The van der Waals surface area contributed by atoms with E-state index in [1.807, 2.05) is 35.3 Å². The molecule has 0 aliphatic carbocycles. The molecule has 4 heteroatoms. The Morgan fingerprint density at radius 1 is 1.31 bits per heavy atom. The van der Waals surface area contributed by atoms with Crippen LogP contribution < -0.4 is 5.43 Å². The van der Waals surface area contributed by atoms with Crippen LogP contribution in [0.25, 0.3) is 0 Å². The normalized spacial score (nSPS) is 9.85. The summed E-state index contributed by atoms with van der Waals surface area (Å²) < 4.78 is 1.89. The van der Waals surface area contributed by atoms with Crippen LogP contribution in [-0.2, 0) is 6.54 Å². The zero-order valence-corrected chi connectivity index (χ0v) is 7.09. The van der Waals surface area contributed by atoms with Crippen molar-refractivity contribution in [2.45, 2.75) is 6.54 Å². The molecule has 0 amide bonds. The van der Waals surface area contributed by atoms with Crippen molar-refractivity contribution in [1.82, 2.24) is 14.6 Å². The first-order valence-electron chi connectivity index (χ1n) is 4.07. The Labute approximate surface area is 76.2 Å². The molecule has 2 aromatic rings. The molecule has 13 heavy (non-hydrogen) atoms. The van der Waals surface area contributed by atoms with Crippen molar-refractivity contribution < 1.29 is 0 Å². The smallest absolute Gasteiger partial charge is 0.115 e. The molecule has 66 valence electrons. The van der Waals surface area contributed by atoms with Gasteiger partial charge in [0.25, 0.3) is 0 Å². The lowest BCUT2D eigenvalue weighted by molar-refractivity contribution is 0.825. The topological polar surface area (TPSA) is 42.7 Å². The van der Waals surface area contributed by atoms with E-state index in [9.17, 15) is 0 Å². The highest BCUT2D eigenvalue weighted by atomic mass is 15.4. The van der Waals surface area contributed by atoms with E-state index in [0.717, 1.165) is 5.69 Å².